The summed E-state index contributed by atoms with van der Waals surface area (Å²) < 4.78 is 16.1. The highest BCUT2D eigenvalue weighted by Gasteiger charge is 2.36. The smallest absolute Gasteiger partial charge is 0.329 e. The number of carbonyl (C=O) groups is 2. The molecule has 0 saturated heterocycles. The van der Waals surface area contributed by atoms with Gasteiger partial charge in [0.05, 0.1) is 23.0 Å². The fraction of sp³-hybridized carbons (Fsp3) is 0.450. The van der Waals surface area contributed by atoms with E-state index >= 15 is 0 Å². The van der Waals surface area contributed by atoms with Crippen molar-refractivity contribution < 1.29 is 23.8 Å². The Labute approximate surface area is 168 Å². The number of amides is 1. The first-order valence-electron chi connectivity index (χ1n) is 9.31. The highest BCUT2D eigenvalue weighted by molar-refractivity contribution is 7.09. The standard InChI is InChI=1S/C20H24N2O5S/c1-4-16(20(24)26-9-8-25-5-2)22-17-10-14(15-12-28-13(3)21-15)6-7-18(17)27-11-19(22)23/h6-7,10,12,16H,4-5,8-9,11H2,1-3H3. The van der Waals surface area contributed by atoms with Gasteiger partial charge in [-0.1, -0.05) is 6.92 Å². The predicted molar refractivity (Wildman–Crippen MR) is 107 cm³/mol. The van der Waals surface area contributed by atoms with Crippen molar-refractivity contribution in [1.82, 2.24) is 4.98 Å². The minimum Gasteiger partial charge on any atom is -0.482 e. The number of hydrogen-bond acceptors (Lipinski definition) is 7. The van der Waals surface area contributed by atoms with Crippen LogP contribution in [0.2, 0.25) is 0 Å². The van der Waals surface area contributed by atoms with Crippen LogP contribution >= 0.6 is 11.3 Å². The van der Waals surface area contributed by atoms with E-state index in [1.54, 1.807) is 11.3 Å². The summed E-state index contributed by atoms with van der Waals surface area (Å²) in [4.78, 5) is 31.3. The zero-order chi connectivity index (χ0) is 20.1. The van der Waals surface area contributed by atoms with E-state index in [0.717, 1.165) is 16.3 Å². The van der Waals surface area contributed by atoms with E-state index in [4.69, 9.17) is 14.2 Å². The summed E-state index contributed by atoms with van der Waals surface area (Å²) in [6, 6.07) is 4.84. The Bertz CT molecular complexity index is 851. The molecular formula is C20H24N2O5S. The van der Waals surface area contributed by atoms with Crippen LogP contribution in [0.15, 0.2) is 23.6 Å². The molecule has 1 atom stereocenters. The van der Waals surface area contributed by atoms with E-state index in [-0.39, 0.29) is 19.1 Å². The van der Waals surface area contributed by atoms with Crippen LogP contribution in [0.5, 0.6) is 5.75 Å². The highest BCUT2D eigenvalue weighted by Crippen LogP contribution is 2.38. The number of thiazole rings is 1. The molecule has 0 N–H and O–H groups in total. The molecule has 1 amide bonds. The molecule has 2 heterocycles. The molecule has 1 aromatic heterocycles. The summed E-state index contributed by atoms with van der Waals surface area (Å²) >= 11 is 1.56. The Morgan fingerprint density at radius 2 is 2.18 bits per heavy atom. The van der Waals surface area contributed by atoms with Gasteiger partial charge in [-0.05, 0) is 38.5 Å². The van der Waals surface area contributed by atoms with Gasteiger partial charge in [0.2, 0.25) is 0 Å². The second-order valence-electron chi connectivity index (χ2n) is 6.28. The number of aryl methyl sites for hydroxylation is 1. The average Bonchev–Trinajstić information content (AvgIpc) is 3.13. The fourth-order valence-electron chi connectivity index (χ4n) is 3.06. The van der Waals surface area contributed by atoms with Crippen molar-refractivity contribution in [3.8, 4) is 17.0 Å². The van der Waals surface area contributed by atoms with Gasteiger partial charge >= 0.3 is 5.97 Å². The van der Waals surface area contributed by atoms with Crippen molar-refractivity contribution >= 4 is 28.9 Å². The molecule has 2 aromatic rings. The van der Waals surface area contributed by atoms with Crippen LogP contribution in [0, 0.1) is 6.92 Å². The first-order chi connectivity index (χ1) is 13.5. The minimum atomic E-state index is -0.718. The third kappa shape index (κ3) is 4.34. The third-order valence-corrected chi connectivity index (χ3v) is 5.17. The van der Waals surface area contributed by atoms with Crippen LogP contribution < -0.4 is 9.64 Å². The molecule has 1 aliphatic rings. The molecule has 0 saturated carbocycles. The first-order valence-corrected chi connectivity index (χ1v) is 10.2. The van der Waals surface area contributed by atoms with Crippen LogP contribution in [-0.4, -0.2) is 49.3 Å². The maximum Gasteiger partial charge on any atom is 0.329 e. The summed E-state index contributed by atoms with van der Waals surface area (Å²) in [7, 11) is 0. The molecule has 7 nitrogen and oxygen atoms in total. The second-order valence-corrected chi connectivity index (χ2v) is 7.34. The Morgan fingerprint density at radius 3 is 2.86 bits per heavy atom. The third-order valence-electron chi connectivity index (χ3n) is 4.40. The number of fused-ring (bicyclic) bond motifs is 1. The van der Waals surface area contributed by atoms with Crippen molar-refractivity contribution in [2.75, 3.05) is 31.3 Å². The molecule has 0 radical (unpaired) electrons. The van der Waals surface area contributed by atoms with Crippen LogP contribution in [0.25, 0.3) is 11.3 Å². The topological polar surface area (TPSA) is 78.0 Å². The normalized spacial score (nSPS) is 14.4. The summed E-state index contributed by atoms with van der Waals surface area (Å²) in [5, 5.41) is 2.92. The second kappa shape index (κ2) is 9.16. The number of hydrogen-bond donors (Lipinski definition) is 0. The summed E-state index contributed by atoms with van der Waals surface area (Å²) in [6.07, 6.45) is 0.429. The molecule has 150 valence electrons. The van der Waals surface area contributed by atoms with E-state index in [0.29, 0.717) is 31.1 Å². The maximum atomic E-state index is 12.6. The highest BCUT2D eigenvalue weighted by atomic mass is 32.1. The van der Waals surface area contributed by atoms with Crippen LogP contribution in [-0.2, 0) is 19.1 Å². The lowest BCUT2D eigenvalue weighted by atomic mass is 10.1. The molecule has 1 unspecified atom stereocenters. The molecule has 3 rings (SSSR count). The van der Waals surface area contributed by atoms with Crippen LogP contribution in [0.3, 0.4) is 0 Å². The first kappa shape index (κ1) is 20.3. The van der Waals surface area contributed by atoms with Gasteiger partial charge in [-0.15, -0.1) is 11.3 Å². The number of ether oxygens (including phenoxy) is 3. The van der Waals surface area contributed by atoms with Gasteiger partial charge in [0, 0.05) is 17.6 Å². The minimum absolute atomic E-state index is 0.106. The van der Waals surface area contributed by atoms with Gasteiger partial charge < -0.3 is 14.2 Å². The summed E-state index contributed by atoms with van der Waals surface area (Å²) in [6.45, 7) is 6.61. The van der Waals surface area contributed by atoms with E-state index in [2.05, 4.69) is 4.98 Å². The Morgan fingerprint density at radius 1 is 1.36 bits per heavy atom. The molecule has 8 heteroatoms. The zero-order valence-electron chi connectivity index (χ0n) is 16.3. The molecule has 1 aliphatic heterocycles. The predicted octanol–water partition coefficient (Wildman–Crippen LogP) is 3.20. The van der Waals surface area contributed by atoms with Gasteiger partial charge in [-0.3, -0.25) is 9.69 Å². The molecule has 0 spiro atoms. The Hall–Kier alpha value is -2.45. The molecular weight excluding hydrogens is 380 g/mol. The monoisotopic (exact) mass is 404 g/mol. The van der Waals surface area contributed by atoms with E-state index < -0.39 is 12.0 Å². The number of rotatable bonds is 8. The lowest BCUT2D eigenvalue weighted by molar-refractivity contribution is -0.148. The van der Waals surface area contributed by atoms with E-state index in [1.807, 2.05) is 44.4 Å². The van der Waals surface area contributed by atoms with Crippen molar-refractivity contribution in [3.63, 3.8) is 0 Å². The van der Waals surface area contributed by atoms with Crippen molar-refractivity contribution in [1.29, 1.82) is 0 Å². The number of benzene rings is 1. The van der Waals surface area contributed by atoms with Crippen molar-refractivity contribution in [3.05, 3.63) is 28.6 Å². The van der Waals surface area contributed by atoms with Crippen LogP contribution in [0.4, 0.5) is 5.69 Å². The lowest BCUT2D eigenvalue weighted by Crippen LogP contribution is -2.50. The number of anilines is 1. The Balaban J connectivity index is 1.88. The SMILES string of the molecule is CCOCCOC(=O)C(CC)N1C(=O)COc2ccc(-c3csc(C)n3)cc21. The number of esters is 1. The quantitative estimate of drug-likeness (QED) is 0.497. The molecule has 1 aromatic carbocycles. The number of aromatic nitrogens is 1. The Kier molecular flexibility index (Phi) is 6.64. The molecule has 0 bridgehead atoms. The molecule has 28 heavy (non-hydrogen) atoms. The van der Waals surface area contributed by atoms with Gasteiger partial charge in [-0.25, -0.2) is 9.78 Å². The molecule has 0 aliphatic carbocycles. The maximum absolute atomic E-state index is 12.6. The average molecular weight is 404 g/mol. The lowest BCUT2D eigenvalue weighted by Gasteiger charge is -2.34. The molecule has 0 fully saturated rings. The van der Waals surface area contributed by atoms with Crippen LogP contribution in [0.1, 0.15) is 25.3 Å². The summed E-state index contributed by atoms with van der Waals surface area (Å²) in [5.74, 6) is -0.151. The number of carbonyl (C=O) groups excluding carboxylic acids is 2. The number of nitrogens with zero attached hydrogens (tertiary/aromatic N) is 2. The van der Waals surface area contributed by atoms with Crippen molar-refractivity contribution in [2.24, 2.45) is 0 Å². The van der Waals surface area contributed by atoms with E-state index in [9.17, 15) is 9.59 Å². The summed E-state index contributed by atoms with van der Waals surface area (Å²) in [5.41, 5.74) is 2.26. The van der Waals surface area contributed by atoms with Gasteiger partial charge in [-0.2, -0.15) is 0 Å². The zero-order valence-corrected chi connectivity index (χ0v) is 17.1. The van der Waals surface area contributed by atoms with Crippen molar-refractivity contribution in [2.45, 2.75) is 33.2 Å². The van der Waals surface area contributed by atoms with Gasteiger partial charge in [0.25, 0.3) is 5.91 Å². The van der Waals surface area contributed by atoms with Gasteiger partial charge in [0.1, 0.15) is 18.4 Å². The fourth-order valence-corrected chi connectivity index (χ4v) is 3.69. The largest absolute Gasteiger partial charge is 0.482 e. The van der Waals surface area contributed by atoms with Gasteiger partial charge in [0.15, 0.2) is 6.61 Å². The van der Waals surface area contributed by atoms with E-state index in [1.165, 1.54) is 4.90 Å².